The first-order valence-corrected chi connectivity index (χ1v) is 4.84. The van der Waals surface area contributed by atoms with Crippen LogP contribution in [-0.2, 0) is 5.54 Å². The van der Waals surface area contributed by atoms with Crippen LogP contribution in [0.5, 0.6) is 5.75 Å². The lowest BCUT2D eigenvalue weighted by Gasteiger charge is -2.13. The molecular formula is C11H15N3O. The Morgan fingerprint density at radius 1 is 1.40 bits per heavy atom. The molecule has 0 aliphatic heterocycles. The summed E-state index contributed by atoms with van der Waals surface area (Å²) in [6.07, 6.45) is 0. The Balaban J connectivity index is 2.56. The van der Waals surface area contributed by atoms with E-state index in [9.17, 15) is 0 Å². The number of hydrogen-bond acceptors (Lipinski definition) is 3. The molecule has 0 amide bonds. The second-order valence-electron chi connectivity index (χ2n) is 4.19. The molecule has 4 nitrogen and oxygen atoms in total. The van der Waals surface area contributed by atoms with Crippen molar-refractivity contribution in [1.29, 1.82) is 0 Å². The Bertz CT molecular complexity index is 482. The molecule has 1 aromatic carbocycles. The number of ether oxygens (including phenoxy) is 1. The Labute approximate surface area is 88.5 Å². The van der Waals surface area contributed by atoms with Crippen molar-refractivity contribution in [3.63, 3.8) is 0 Å². The number of fused-ring (bicyclic) bond motifs is 1. The largest absolute Gasteiger partial charge is 0.497 e. The molecule has 2 rings (SSSR count). The highest BCUT2D eigenvalue weighted by Gasteiger charge is 2.18. The third-order valence-electron chi connectivity index (χ3n) is 2.30. The molecule has 1 aromatic heterocycles. The van der Waals surface area contributed by atoms with Gasteiger partial charge in [-0.05, 0) is 26.0 Å². The van der Waals surface area contributed by atoms with E-state index in [1.807, 2.05) is 32.0 Å². The number of nitrogens with zero attached hydrogens (tertiary/aromatic N) is 1. The summed E-state index contributed by atoms with van der Waals surface area (Å²) in [7, 11) is 1.64. The minimum absolute atomic E-state index is 0.452. The fourth-order valence-electron chi connectivity index (χ4n) is 1.42. The summed E-state index contributed by atoms with van der Waals surface area (Å²) < 4.78 is 5.14. The van der Waals surface area contributed by atoms with Gasteiger partial charge in [0.25, 0.3) is 0 Å². The molecular weight excluding hydrogens is 190 g/mol. The van der Waals surface area contributed by atoms with Crippen molar-refractivity contribution in [2.75, 3.05) is 7.11 Å². The molecule has 2 aromatic rings. The average Bonchev–Trinajstić information content (AvgIpc) is 2.59. The Hall–Kier alpha value is -1.55. The first-order chi connectivity index (χ1) is 7.00. The van der Waals surface area contributed by atoms with Gasteiger partial charge >= 0.3 is 0 Å². The van der Waals surface area contributed by atoms with Gasteiger partial charge in [-0.25, -0.2) is 4.98 Å². The minimum Gasteiger partial charge on any atom is -0.497 e. The lowest BCUT2D eigenvalue weighted by molar-refractivity contribution is 0.415. The fourth-order valence-corrected chi connectivity index (χ4v) is 1.42. The number of rotatable bonds is 2. The zero-order valence-corrected chi connectivity index (χ0v) is 9.16. The molecule has 0 saturated carbocycles. The number of nitrogens with two attached hydrogens (primary N) is 1. The van der Waals surface area contributed by atoms with E-state index in [2.05, 4.69) is 9.97 Å². The highest BCUT2D eigenvalue weighted by molar-refractivity contribution is 5.77. The van der Waals surface area contributed by atoms with Gasteiger partial charge in [-0.2, -0.15) is 0 Å². The van der Waals surface area contributed by atoms with Crippen molar-refractivity contribution in [2.24, 2.45) is 5.73 Å². The van der Waals surface area contributed by atoms with E-state index in [4.69, 9.17) is 10.5 Å². The van der Waals surface area contributed by atoms with Crippen LogP contribution in [0, 0.1) is 0 Å². The first kappa shape index (κ1) is 9.98. The Kier molecular flexibility index (Phi) is 2.16. The molecule has 4 heteroatoms. The molecule has 0 saturated heterocycles. The number of nitrogens with one attached hydrogen (secondary N) is 1. The number of methoxy groups -OCH3 is 1. The normalized spacial score (nSPS) is 12.0. The van der Waals surface area contributed by atoms with E-state index in [0.29, 0.717) is 0 Å². The molecule has 0 spiro atoms. The zero-order valence-electron chi connectivity index (χ0n) is 9.16. The van der Waals surface area contributed by atoms with Crippen LogP contribution in [0.15, 0.2) is 18.2 Å². The Morgan fingerprint density at radius 3 is 2.73 bits per heavy atom. The number of benzene rings is 1. The number of imidazole rings is 1. The summed E-state index contributed by atoms with van der Waals surface area (Å²) in [6, 6.07) is 5.72. The maximum atomic E-state index is 5.97. The zero-order chi connectivity index (χ0) is 11.1. The highest BCUT2D eigenvalue weighted by atomic mass is 16.5. The van der Waals surface area contributed by atoms with Crippen LogP contribution in [0.2, 0.25) is 0 Å². The minimum atomic E-state index is -0.452. The van der Waals surface area contributed by atoms with Crippen molar-refractivity contribution in [1.82, 2.24) is 9.97 Å². The predicted octanol–water partition coefficient (Wildman–Crippen LogP) is 1.77. The number of aromatic amines is 1. The van der Waals surface area contributed by atoms with E-state index in [0.717, 1.165) is 22.6 Å². The summed E-state index contributed by atoms with van der Waals surface area (Å²) in [5, 5.41) is 0. The quantitative estimate of drug-likeness (QED) is 0.785. The van der Waals surface area contributed by atoms with Gasteiger partial charge in [0.2, 0.25) is 0 Å². The van der Waals surface area contributed by atoms with Gasteiger partial charge in [-0.3, -0.25) is 0 Å². The van der Waals surface area contributed by atoms with Crippen LogP contribution in [0.4, 0.5) is 0 Å². The summed E-state index contributed by atoms with van der Waals surface area (Å²) >= 11 is 0. The van der Waals surface area contributed by atoms with Crippen molar-refractivity contribution in [2.45, 2.75) is 19.4 Å². The topological polar surface area (TPSA) is 63.9 Å². The molecule has 0 atom stereocenters. The van der Waals surface area contributed by atoms with Crippen LogP contribution < -0.4 is 10.5 Å². The second kappa shape index (κ2) is 3.24. The summed E-state index contributed by atoms with van der Waals surface area (Å²) in [4.78, 5) is 7.62. The average molecular weight is 205 g/mol. The summed E-state index contributed by atoms with van der Waals surface area (Å²) in [6.45, 7) is 3.84. The van der Waals surface area contributed by atoms with Crippen LogP contribution in [0.25, 0.3) is 11.0 Å². The molecule has 0 fully saturated rings. The van der Waals surface area contributed by atoms with Gasteiger partial charge in [0.05, 0.1) is 23.7 Å². The lowest BCUT2D eigenvalue weighted by atomic mass is 10.1. The molecule has 0 radical (unpaired) electrons. The van der Waals surface area contributed by atoms with Gasteiger partial charge in [0, 0.05) is 6.07 Å². The molecule has 0 unspecified atom stereocenters. The molecule has 15 heavy (non-hydrogen) atoms. The number of hydrogen-bond donors (Lipinski definition) is 2. The third-order valence-corrected chi connectivity index (χ3v) is 2.30. The van der Waals surface area contributed by atoms with Crippen LogP contribution in [0.1, 0.15) is 19.7 Å². The smallest absolute Gasteiger partial charge is 0.126 e. The van der Waals surface area contributed by atoms with Gasteiger partial charge in [-0.1, -0.05) is 0 Å². The Morgan fingerprint density at radius 2 is 2.13 bits per heavy atom. The fraction of sp³-hybridized carbons (Fsp3) is 0.364. The standard InChI is InChI=1S/C11H15N3O/c1-11(2,12)10-13-8-5-4-7(15-3)6-9(8)14-10/h4-6H,12H2,1-3H3,(H,13,14). The second-order valence-corrected chi connectivity index (χ2v) is 4.19. The van der Waals surface area contributed by atoms with E-state index in [1.165, 1.54) is 0 Å². The highest BCUT2D eigenvalue weighted by Crippen LogP contribution is 2.22. The van der Waals surface area contributed by atoms with Crippen LogP contribution in [-0.4, -0.2) is 17.1 Å². The summed E-state index contributed by atoms with van der Waals surface area (Å²) in [5.74, 6) is 1.60. The molecule has 80 valence electrons. The summed E-state index contributed by atoms with van der Waals surface area (Å²) in [5.41, 5.74) is 7.37. The lowest BCUT2D eigenvalue weighted by Crippen LogP contribution is -2.30. The van der Waals surface area contributed by atoms with E-state index < -0.39 is 5.54 Å². The molecule has 0 bridgehead atoms. The number of aromatic nitrogens is 2. The molecule has 0 aliphatic rings. The van der Waals surface area contributed by atoms with Crippen LogP contribution in [0.3, 0.4) is 0 Å². The van der Waals surface area contributed by atoms with Gasteiger partial charge in [0.15, 0.2) is 0 Å². The first-order valence-electron chi connectivity index (χ1n) is 4.84. The molecule has 1 heterocycles. The third kappa shape index (κ3) is 1.80. The maximum Gasteiger partial charge on any atom is 0.126 e. The van der Waals surface area contributed by atoms with Crippen molar-refractivity contribution in [3.05, 3.63) is 24.0 Å². The monoisotopic (exact) mass is 205 g/mol. The maximum absolute atomic E-state index is 5.97. The van der Waals surface area contributed by atoms with Gasteiger partial charge in [0.1, 0.15) is 11.6 Å². The van der Waals surface area contributed by atoms with Crippen molar-refractivity contribution in [3.8, 4) is 5.75 Å². The van der Waals surface area contributed by atoms with Gasteiger partial charge in [-0.15, -0.1) is 0 Å². The predicted molar refractivity (Wildman–Crippen MR) is 59.9 cm³/mol. The SMILES string of the molecule is COc1ccc2nc(C(C)(C)N)[nH]c2c1. The van der Waals surface area contributed by atoms with Crippen molar-refractivity contribution < 1.29 is 4.74 Å². The number of H-pyrrole nitrogens is 1. The molecule has 3 N–H and O–H groups in total. The molecule has 0 aliphatic carbocycles. The van der Waals surface area contributed by atoms with Crippen molar-refractivity contribution >= 4 is 11.0 Å². The van der Waals surface area contributed by atoms with E-state index in [-0.39, 0.29) is 0 Å². The van der Waals surface area contributed by atoms with E-state index >= 15 is 0 Å². The van der Waals surface area contributed by atoms with Gasteiger partial charge < -0.3 is 15.5 Å². The van der Waals surface area contributed by atoms with Crippen LogP contribution >= 0.6 is 0 Å². The van der Waals surface area contributed by atoms with E-state index in [1.54, 1.807) is 7.11 Å².